The first-order valence-electron chi connectivity index (χ1n) is 2.67. The number of carboxylic acids is 1. The lowest BCUT2D eigenvalue weighted by Crippen LogP contribution is -2.32. The quantitative estimate of drug-likeness (QED) is 0.379. The van der Waals surface area contributed by atoms with Gasteiger partial charge in [0.2, 0.25) is 0 Å². The van der Waals surface area contributed by atoms with Crippen LogP contribution in [0.25, 0.3) is 0 Å². The molecule has 0 aliphatic heterocycles. The predicted molar refractivity (Wildman–Crippen MR) is 32.7 cm³/mol. The van der Waals surface area contributed by atoms with Crippen LogP contribution in [0.5, 0.6) is 0 Å². The number of rotatable bonds is 1. The molecule has 54 valence electrons. The van der Waals surface area contributed by atoms with Crippen LogP contribution in [0.2, 0.25) is 0 Å². The molecular weight excluding hydrogens is 134 g/mol. The number of imidazole rings is 1. The smallest absolute Gasteiger partial charge is 0.380 e. The van der Waals surface area contributed by atoms with Gasteiger partial charge in [0.25, 0.3) is 12.0 Å². The summed E-state index contributed by atoms with van der Waals surface area (Å²) in [6.45, 7) is 0. The van der Waals surface area contributed by atoms with Crippen molar-refractivity contribution in [2.24, 2.45) is 7.05 Å². The molecule has 0 atom stereocenters. The molecule has 0 radical (unpaired) electrons. The van der Waals surface area contributed by atoms with Gasteiger partial charge in [0.05, 0.1) is 7.05 Å². The number of carboxylic acid groups (broad SMARTS) is 1. The van der Waals surface area contributed by atoms with E-state index in [0.717, 1.165) is 0 Å². The molecule has 1 heterocycles. The number of nitrogens with zero attached hydrogens (tertiary/aromatic N) is 2. The Morgan fingerprint density at radius 2 is 2.50 bits per heavy atom. The third-order valence-electron chi connectivity index (χ3n) is 1.18. The maximum atomic E-state index is 10.3. The molecule has 5 nitrogen and oxygen atoms in total. The maximum absolute atomic E-state index is 10.3. The van der Waals surface area contributed by atoms with E-state index in [4.69, 9.17) is 10.9 Å². The Labute approximate surface area is 57.3 Å². The van der Waals surface area contributed by atoms with Gasteiger partial charge in [-0.1, -0.05) is 0 Å². The summed E-state index contributed by atoms with van der Waals surface area (Å²) in [6, 6.07) is 0. The fourth-order valence-electron chi connectivity index (χ4n) is 0.734. The minimum absolute atomic E-state index is 0.169. The van der Waals surface area contributed by atoms with Crippen LogP contribution in [-0.4, -0.2) is 15.8 Å². The van der Waals surface area contributed by atoms with E-state index in [9.17, 15) is 4.79 Å². The highest BCUT2D eigenvalue weighted by Crippen LogP contribution is 1.87. The van der Waals surface area contributed by atoms with E-state index in [0.29, 0.717) is 0 Å². The highest BCUT2D eigenvalue weighted by atomic mass is 16.4. The molecule has 10 heavy (non-hydrogen) atoms. The summed E-state index contributed by atoms with van der Waals surface area (Å²) in [4.78, 5) is 10.3. The van der Waals surface area contributed by atoms with Gasteiger partial charge in [0.1, 0.15) is 0 Å². The Kier molecular flexibility index (Phi) is 1.33. The Bertz CT molecular complexity index is 266. The fraction of sp³-hybridized carbons (Fsp3) is 0.200. The number of hydrogen-bond donors (Lipinski definition) is 2. The van der Waals surface area contributed by atoms with E-state index in [1.54, 1.807) is 7.05 Å². The number of aryl methyl sites for hydroxylation is 1. The average molecular weight is 142 g/mol. The molecule has 3 N–H and O–H groups in total. The van der Waals surface area contributed by atoms with Crippen molar-refractivity contribution in [2.75, 3.05) is 5.84 Å². The molecule has 0 aromatic carbocycles. The van der Waals surface area contributed by atoms with Crippen LogP contribution < -0.4 is 10.4 Å². The molecule has 1 aromatic heterocycles. The Morgan fingerprint density at radius 3 is 2.70 bits per heavy atom. The van der Waals surface area contributed by atoms with E-state index >= 15 is 0 Å². The topological polar surface area (TPSA) is 72.1 Å². The second-order valence-electron chi connectivity index (χ2n) is 1.99. The van der Waals surface area contributed by atoms with Gasteiger partial charge in [-0.05, 0) is 0 Å². The summed E-state index contributed by atoms with van der Waals surface area (Å²) in [5, 5.41) is 8.49. The lowest BCUT2D eigenvalue weighted by atomic mass is 10.5. The van der Waals surface area contributed by atoms with Crippen LogP contribution in [0.4, 0.5) is 0 Å². The number of nitrogens with two attached hydrogens (primary N) is 1. The molecular formula is C5H8N3O2+. The summed E-state index contributed by atoms with van der Waals surface area (Å²) in [5.41, 5.74) is 0.169. The van der Waals surface area contributed by atoms with Crippen LogP contribution in [0.3, 0.4) is 0 Å². The van der Waals surface area contributed by atoms with Crippen molar-refractivity contribution < 1.29 is 14.5 Å². The normalized spacial score (nSPS) is 9.70. The van der Waals surface area contributed by atoms with Crippen LogP contribution in [0.15, 0.2) is 12.5 Å². The first kappa shape index (κ1) is 6.60. The fourth-order valence-corrected chi connectivity index (χ4v) is 0.734. The largest absolute Gasteiger partial charge is 0.475 e. The summed E-state index contributed by atoms with van der Waals surface area (Å²) in [6.07, 6.45) is 2.81. The van der Waals surface area contributed by atoms with Gasteiger partial charge < -0.3 is 5.11 Å². The monoisotopic (exact) mass is 142 g/mol. The van der Waals surface area contributed by atoms with Crippen molar-refractivity contribution in [3.63, 3.8) is 0 Å². The van der Waals surface area contributed by atoms with Gasteiger partial charge >= 0.3 is 5.97 Å². The molecule has 0 saturated heterocycles. The zero-order valence-electron chi connectivity index (χ0n) is 5.48. The lowest BCUT2D eigenvalue weighted by molar-refractivity contribution is -0.673. The number of aromatic nitrogens is 2. The number of aromatic carboxylic acids is 1. The third kappa shape index (κ3) is 0.928. The Balaban J connectivity index is 3.15. The second kappa shape index (κ2) is 2.02. The van der Waals surface area contributed by atoms with Gasteiger partial charge in [0, 0.05) is 0 Å². The van der Waals surface area contributed by atoms with Crippen LogP contribution >= 0.6 is 0 Å². The lowest BCUT2D eigenvalue weighted by Gasteiger charge is -1.83. The number of nitrogen functional groups attached to an aromatic ring is 1. The standard InChI is InChI=1S/C5H7N3O2/c1-7-3-8(6)2-4(7)5(9)10/h2-3H,6H2,1H3/p+1. The van der Waals surface area contributed by atoms with Gasteiger partial charge in [-0.2, -0.15) is 0 Å². The van der Waals surface area contributed by atoms with Crippen molar-refractivity contribution in [2.45, 2.75) is 0 Å². The predicted octanol–water partition coefficient (Wildman–Crippen LogP) is -1.28. The molecule has 1 aromatic rings. The average Bonchev–Trinajstić information content (AvgIpc) is 2.10. The SMILES string of the molecule is C[n+]1cn(N)cc1C(=O)O. The molecule has 0 fully saturated rings. The van der Waals surface area contributed by atoms with Crippen LogP contribution in [-0.2, 0) is 7.05 Å². The minimum Gasteiger partial charge on any atom is -0.475 e. The van der Waals surface area contributed by atoms with E-state index in [2.05, 4.69) is 0 Å². The summed E-state index contributed by atoms with van der Waals surface area (Å²) >= 11 is 0. The van der Waals surface area contributed by atoms with Crippen LogP contribution in [0, 0.1) is 0 Å². The van der Waals surface area contributed by atoms with Crippen LogP contribution in [0.1, 0.15) is 10.5 Å². The van der Waals surface area contributed by atoms with Crippen molar-refractivity contribution in [3.05, 3.63) is 18.2 Å². The first-order valence-corrected chi connectivity index (χ1v) is 2.67. The van der Waals surface area contributed by atoms with Crippen molar-refractivity contribution >= 4 is 5.97 Å². The second-order valence-corrected chi connectivity index (χ2v) is 1.99. The molecule has 0 bridgehead atoms. The van der Waals surface area contributed by atoms with Crippen molar-refractivity contribution in [3.8, 4) is 0 Å². The molecule has 0 aliphatic rings. The Morgan fingerprint density at radius 1 is 1.90 bits per heavy atom. The van der Waals surface area contributed by atoms with Gasteiger partial charge in [-0.25, -0.2) is 9.36 Å². The first-order chi connectivity index (χ1) is 4.61. The zero-order valence-corrected chi connectivity index (χ0v) is 5.48. The van der Waals surface area contributed by atoms with E-state index in [-0.39, 0.29) is 5.69 Å². The molecule has 0 spiro atoms. The minimum atomic E-state index is -0.980. The summed E-state index contributed by atoms with van der Waals surface area (Å²) in [7, 11) is 1.62. The zero-order chi connectivity index (χ0) is 7.72. The molecule has 1 rings (SSSR count). The molecule has 5 heteroatoms. The number of carbonyl (C=O) groups is 1. The van der Waals surface area contributed by atoms with Gasteiger partial charge in [-0.3, -0.25) is 5.84 Å². The molecule has 0 aliphatic carbocycles. The maximum Gasteiger partial charge on any atom is 0.380 e. The van der Waals surface area contributed by atoms with E-state index in [1.807, 2.05) is 0 Å². The molecule has 0 amide bonds. The van der Waals surface area contributed by atoms with E-state index in [1.165, 1.54) is 21.8 Å². The molecule has 0 saturated carbocycles. The van der Waals surface area contributed by atoms with E-state index < -0.39 is 5.97 Å². The van der Waals surface area contributed by atoms with Gasteiger partial charge in [0.15, 0.2) is 6.20 Å². The highest BCUT2D eigenvalue weighted by Gasteiger charge is 2.15. The van der Waals surface area contributed by atoms with Crippen molar-refractivity contribution in [1.82, 2.24) is 4.68 Å². The van der Waals surface area contributed by atoms with Crippen molar-refractivity contribution in [1.29, 1.82) is 0 Å². The van der Waals surface area contributed by atoms with Gasteiger partial charge in [-0.15, -0.1) is 4.68 Å². The third-order valence-corrected chi connectivity index (χ3v) is 1.18. The highest BCUT2D eigenvalue weighted by molar-refractivity contribution is 5.83. The number of hydrogen-bond acceptors (Lipinski definition) is 2. The molecule has 0 unspecified atom stereocenters. The Hall–Kier alpha value is -1.52. The summed E-state index contributed by atoms with van der Waals surface area (Å²) in [5.74, 6) is 4.27. The summed E-state index contributed by atoms with van der Waals surface area (Å²) < 4.78 is 2.63.